The average molecular weight is 363 g/mol. The van der Waals surface area contributed by atoms with Crippen molar-refractivity contribution in [3.05, 3.63) is 40.7 Å². The van der Waals surface area contributed by atoms with E-state index in [1.54, 1.807) is 0 Å². The van der Waals surface area contributed by atoms with Crippen LogP contribution in [-0.4, -0.2) is 35.8 Å². The van der Waals surface area contributed by atoms with Crippen LogP contribution in [0.3, 0.4) is 0 Å². The molecule has 1 aliphatic rings. The Morgan fingerprint density at radius 2 is 1.56 bits per heavy atom. The fraction of sp³-hybridized carbons (Fsp3) is 0.267. The Morgan fingerprint density at radius 1 is 1.04 bits per heavy atom. The highest BCUT2D eigenvalue weighted by Gasteiger charge is 2.40. The third kappa shape index (κ3) is 3.24. The molecule has 2 amide bonds. The second-order valence-corrected chi connectivity index (χ2v) is 5.00. The minimum absolute atomic E-state index is 0.00634. The summed E-state index contributed by atoms with van der Waals surface area (Å²) in [5.74, 6) is -13.7. The lowest BCUT2D eigenvalue weighted by molar-refractivity contribution is -0.154. The standard InChI is InChI=1S/C15H10F5NO4/c1-25-15(24)7-3-5-9(23)21(7)8(22)4-2-6-10(16)12(18)14(20)13(19)11(6)17/h2,4,7H,3,5H2,1H3/b4-2+/t7-/m0/s1. The van der Waals surface area contributed by atoms with E-state index >= 15 is 0 Å². The minimum Gasteiger partial charge on any atom is -0.467 e. The third-order valence-corrected chi connectivity index (χ3v) is 3.56. The molecule has 1 aromatic rings. The molecule has 10 heteroatoms. The molecule has 0 spiro atoms. The van der Waals surface area contributed by atoms with Crippen LogP contribution in [0.1, 0.15) is 18.4 Å². The number of imide groups is 1. The number of likely N-dealkylation sites (tertiary alicyclic amines) is 1. The van der Waals surface area contributed by atoms with Gasteiger partial charge < -0.3 is 4.74 Å². The lowest BCUT2D eigenvalue weighted by atomic mass is 10.1. The van der Waals surface area contributed by atoms with E-state index in [0.29, 0.717) is 17.1 Å². The van der Waals surface area contributed by atoms with Crippen LogP contribution in [-0.2, 0) is 19.1 Å². The monoisotopic (exact) mass is 363 g/mol. The Bertz CT molecular complexity index is 764. The molecule has 5 nitrogen and oxygen atoms in total. The minimum atomic E-state index is -2.33. The van der Waals surface area contributed by atoms with Gasteiger partial charge in [-0.3, -0.25) is 14.5 Å². The number of hydrogen-bond acceptors (Lipinski definition) is 4. The Hall–Kier alpha value is -2.78. The number of benzene rings is 1. The molecule has 0 N–H and O–H groups in total. The number of halogens is 5. The molecule has 1 atom stereocenters. The van der Waals surface area contributed by atoms with E-state index in [0.717, 1.165) is 7.11 Å². The molecular weight excluding hydrogens is 353 g/mol. The molecule has 2 rings (SSSR count). The zero-order valence-electron chi connectivity index (χ0n) is 12.6. The number of hydrogen-bond donors (Lipinski definition) is 0. The molecule has 0 aliphatic carbocycles. The van der Waals surface area contributed by atoms with E-state index < -0.39 is 58.5 Å². The predicted octanol–water partition coefficient (Wildman–Crippen LogP) is 2.09. The van der Waals surface area contributed by atoms with Gasteiger partial charge in [0.15, 0.2) is 23.3 Å². The van der Waals surface area contributed by atoms with Gasteiger partial charge in [-0.1, -0.05) is 0 Å². The average Bonchev–Trinajstić information content (AvgIpc) is 2.98. The molecule has 1 aromatic carbocycles. The number of esters is 1. The highest BCUT2D eigenvalue weighted by Crippen LogP contribution is 2.25. The van der Waals surface area contributed by atoms with E-state index in [9.17, 15) is 36.3 Å². The second-order valence-electron chi connectivity index (χ2n) is 5.00. The maximum absolute atomic E-state index is 13.5. The van der Waals surface area contributed by atoms with Crippen LogP contribution < -0.4 is 0 Å². The molecule has 25 heavy (non-hydrogen) atoms. The number of amides is 2. The highest BCUT2D eigenvalue weighted by atomic mass is 19.2. The quantitative estimate of drug-likeness (QED) is 0.271. The first-order valence-electron chi connectivity index (χ1n) is 6.84. The van der Waals surface area contributed by atoms with Crippen molar-refractivity contribution in [2.75, 3.05) is 7.11 Å². The van der Waals surface area contributed by atoms with Gasteiger partial charge in [0.05, 0.1) is 12.7 Å². The fourth-order valence-corrected chi connectivity index (χ4v) is 2.32. The number of rotatable bonds is 3. The Balaban J connectivity index is 2.35. The maximum atomic E-state index is 13.5. The number of carbonyl (C=O) groups is 3. The van der Waals surface area contributed by atoms with E-state index in [2.05, 4.69) is 4.74 Å². The van der Waals surface area contributed by atoms with Crippen molar-refractivity contribution >= 4 is 23.9 Å². The topological polar surface area (TPSA) is 63.7 Å². The van der Waals surface area contributed by atoms with Crippen molar-refractivity contribution in [2.45, 2.75) is 18.9 Å². The number of methoxy groups -OCH3 is 1. The van der Waals surface area contributed by atoms with Gasteiger partial charge in [0, 0.05) is 12.5 Å². The SMILES string of the molecule is COC(=O)[C@@H]1CCC(=O)N1C(=O)/C=C/c1c(F)c(F)c(F)c(F)c1F. The van der Waals surface area contributed by atoms with Crippen LogP contribution in [0.5, 0.6) is 0 Å². The molecule has 134 valence electrons. The van der Waals surface area contributed by atoms with Crippen molar-refractivity contribution in [3.63, 3.8) is 0 Å². The second kappa shape index (κ2) is 6.99. The maximum Gasteiger partial charge on any atom is 0.329 e. The summed E-state index contributed by atoms with van der Waals surface area (Å²) in [7, 11) is 1.04. The Morgan fingerprint density at radius 3 is 2.08 bits per heavy atom. The first-order valence-corrected chi connectivity index (χ1v) is 6.84. The van der Waals surface area contributed by atoms with Gasteiger partial charge in [0.25, 0.3) is 5.91 Å². The summed E-state index contributed by atoms with van der Waals surface area (Å²) in [5.41, 5.74) is -1.34. The number of carbonyl (C=O) groups excluding carboxylic acids is 3. The van der Waals surface area contributed by atoms with Gasteiger partial charge in [-0.05, 0) is 12.5 Å². The van der Waals surface area contributed by atoms with E-state index in [-0.39, 0.29) is 12.8 Å². The highest BCUT2D eigenvalue weighted by molar-refractivity contribution is 6.07. The molecule has 0 radical (unpaired) electrons. The number of nitrogens with zero attached hydrogens (tertiary/aromatic N) is 1. The van der Waals surface area contributed by atoms with Crippen LogP contribution in [0.15, 0.2) is 6.08 Å². The largest absolute Gasteiger partial charge is 0.467 e. The van der Waals surface area contributed by atoms with Gasteiger partial charge in [-0.15, -0.1) is 0 Å². The summed E-state index contributed by atoms with van der Waals surface area (Å²) in [6.07, 6.45) is 0.644. The summed E-state index contributed by atoms with van der Waals surface area (Å²) in [5, 5.41) is 0. The molecule has 1 saturated heterocycles. The third-order valence-electron chi connectivity index (χ3n) is 3.56. The van der Waals surface area contributed by atoms with E-state index in [1.807, 2.05) is 0 Å². The van der Waals surface area contributed by atoms with Crippen LogP contribution in [0.2, 0.25) is 0 Å². The molecule has 1 aliphatic heterocycles. The summed E-state index contributed by atoms with van der Waals surface area (Å²) in [6.45, 7) is 0. The van der Waals surface area contributed by atoms with Crippen molar-refractivity contribution in [1.82, 2.24) is 4.90 Å². The molecular formula is C15H10F5NO4. The molecule has 0 bridgehead atoms. The van der Waals surface area contributed by atoms with Crippen LogP contribution >= 0.6 is 0 Å². The normalized spacial score (nSPS) is 17.4. The summed E-state index contributed by atoms with van der Waals surface area (Å²) < 4.78 is 70.6. The van der Waals surface area contributed by atoms with Gasteiger partial charge in [-0.25, -0.2) is 26.7 Å². The van der Waals surface area contributed by atoms with Crippen molar-refractivity contribution < 1.29 is 41.1 Å². The fourth-order valence-electron chi connectivity index (χ4n) is 2.32. The van der Waals surface area contributed by atoms with Crippen molar-refractivity contribution in [3.8, 4) is 0 Å². The number of ether oxygens (including phenoxy) is 1. The molecule has 1 heterocycles. The van der Waals surface area contributed by atoms with Gasteiger partial charge >= 0.3 is 5.97 Å². The lowest BCUT2D eigenvalue weighted by Crippen LogP contribution is -2.42. The summed E-state index contributed by atoms with van der Waals surface area (Å²) >= 11 is 0. The zero-order valence-corrected chi connectivity index (χ0v) is 12.6. The van der Waals surface area contributed by atoms with E-state index in [1.165, 1.54) is 0 Å². The smallest absolute Gasteiger partial charge is 0.329 e. The Kier molecular flexibility index (Phi) is 5.19. The van der Waals surface area contributed by atoms with Crippen molar-refractivity contribution in [2.24, 2.45) is 0 Å². The van der Waals surface area contributed by atoms with Crippen LogP contribution in [0, 0.1) is 29.1 Å². The summed E-state index contributed by atoms with van der Waals surface area (Å²) in [4.78, 5) is 35.8. The molecule has 0 unspecified atom stereocenters. The first-order chi connectivity index (χ1) is 11.7. The van der Waals surface area contributed by atoms with Gasteiger partial charge in [-0.2, -0.15) is 0 Å². The lowest BCUT2D eigenvalue weighted by Gasteiger charge is -2.19. The van der Waals surface area contributed by atoms with Crippen LogP contribution in [0.4, 0.5) is 22.0 Å². The molecule has 0 aromatic heterocycles. The molecule has 1 fully saturated rings. The van der Waals surface area contributed by atoms with Gasteiger partial charge in [0.1, 0.15) is 6.04 Å². The molecule has 0 saturated carbocycles. The van der Waals surface area contributed by atoms with Crippen molar-refractivity contribution in [1.29, 1.82) is 0 Å². The predicted molar refractivity (Wildman–Crippen MR) is 72.2 cm³/mol. The first kappa shape index (κ1) is 18.6. The van der Waals surface area contributed by atoms with E-state index in [4.69, 9.17) is 0 Å². The van der Waals surface area contributed by atoms with Gasteiger partial charge in [0.2, 0.25) is 11.7 Å². The Labute approximate surface area is 137 Å². The van der Waals surface area contributed by atoms with Crippen LogP contribution in [0.25, 0.3) is 6.08 Å². The zero-order chi connectivity index (χ0) is 18.9. The summed E-state index contributed by atoms with van der Waals surface area (Å²) in [6, 6.07) is -1.22.